The van der Waals surface area contributed by atoms with Gasteiger partial charge in [-0.25, -0.2) is 0 Å². The molecule has 1 aromatic rings. The van der Waals surface area contributed by atoms with E-state index in [1.54, 1.807) is 0 Å². The van der Waals surface area contributed by atoms with Gasteiger partial charge in [-0.3, -0.25) is 0 Å². The fourth-order valence-electron chi connectivity index (χ4n) is 2.52. The van der Waals surface area contributed by atoms with Crippen LogP contribution in [0, 0.1) is 0 Å². The van der Waals surface area contributed by atoms with Crippen LogP contribution in [0.15, 0.2) is 4.52 Å². The molecule has 0 radical (unpaired) electrons. The second-order valence-corrected chi connectivity index (χ2v) is 5.73. The largest absolute Gasteiger partial charge is 0.378 e. The van der Waals surface area contributed by atoms with E-state index in [-0.39, 0.29) is 12.1 Å². The molecule has 1 aliphatic carbocycles. The van der Waals surface area contributed by atoms with Crippen LogP contribution < -0.4 is 5.73 Å². The smallest absolute Gasteiger partial charge is 0.229 e. The molecule has 6 nitrogen and oxygen atoms in total. The highest BCUT2D eigenvalue weighted by Gasteiger charge is 2.22. The summed E-state index contributed by atoms with van der Waals surface area (Å²) in [5.41, 5.74) is 6.03. The molecular formula is C14H23N3O3. The summed E-state index contributed by atoms with van der Waals surface area (Å²) in [5, 5.41) is 3.96. The quantitative estimate of drug-likeness (QED) is 0.855. The first-order valence-electron chi connectivity index (χ1n) is 7.62. The monoisotopic (exact) mass is 281 g/mol. The number of nitrogens with zero attached hydrogens (tertiary/aromatic N) is 2. The van der Waals surface area contributed by atoms with Gasteiger partial charge in [-0.2, -0.15) is 4.98 Å². The lowest BCUT2D eigenvalue weighted by atomic mass is 9.96. The van der Waals surface area contributed by atoms with Crippen LogP contribution in [0.3, 0.4) is 0 Å². The Morgan fingerprint density at radius 2 is 2.15 bits per heavy atom. The highest BCUT2D eigenvalue weighted by Crippen LogP contribution is 2.23. The molecule has 0 aromatic carbocycles. The Balaban J connectivity index is 1.47. The second-order valence-electron chi connectivity index (χ2n) is 5.73. The first-order valence-corrected chi connectivity index (χ1v) is 7.62. The van der Waals surface area contributed by atoms with Gasteiger partial charge in [0.15, 0.2) is 5.82 Å². The van der Waals surface area contributed by atoms with Crippen LogP contribution in [0.4, 0.5) is 0 Å². The molecule has 1 aliphatic heterocycles. The van der Waals surface area contributed by atoms with Gasteiger partial charge in [-0.05, 0) is 38.5 Å². The maximum atomic E-state index is 6.03. The average Bonchev–Trinajstić information content (AvgIpc) is 2.86. The van der Waals surface area contributed by atoms with Crippen LogP contribution in [-0.4, -0.2) is 35.6 Å². The summed E-state index contributed by atoms with van der Waals surface area (Å²) < 4.78 is 16.6. The number of aromatic nitrogens is 2. The van der Waals surface area contributed by atoms with Gasteiger partial charge in [0.25, 0.3) is 0 Å². The molecule has 1 saturated carbocycles. The molecule has 0 spiro atoms. The zero-order valence-electron chi connectivity index (χ0n) is 11.8. The second kappa shape index (κ2) is 6.65. The molecule has 0 bridgehead atoms. The van der Waals surface area contributed by atoms with Crippen molar-refractivity contribution in [3.63, 3.8) is 0 Å². The minimum atomic E-state index is -0.305. The minimum absolute atomic E-state index is 0.208. The number of hydrogen-bond donors (Lipinski definition) is 1. The Morgan fingerprint density at radius 1 is 1.25 bits per heavy atom. The van der Waals surface area contributed by atoms with Crippen molar-refractivity contribution >= 4 is 0 Å². The van der Waals surface area contributed by atoms with Crippen LogP contribution in [-0.2, 0) is 15.9 Å². The molecule has 3 rings (SSSR count). The third-order valence-electron chi connectivity index (χ3n) is 4.06. The summed E-state index contributed by atoms with van der Waals surface area (Å²) in [4.78, 5) is 4.36. The van der Waals surface area contributed by atoms with Gasteiger partial charge in [0.1, 0.15) is 0 Å². The van der Waals surface area contributed by atoms with Gasteiger partial charge in [-0.1, -0.05) is 5.16 Å². The lowest BCUT2D eigenvalue weighted by molar-refractivity contribution is -0.00549. The van der Waals surface area contributed by atoms with E-state index in [4.69, 9.17) is 19.7 Å². The fraction of sp³-hybridized carbons (Fsp3) is 0.857. The number of hydrogen-bond acceptors (Lipinski definition) is 6. The minimum Gasteiger partial charge on any atom is -0.378 e. The van der Waals surface area contributed by atoms with Gasteiger partial charge in [0.05, 0.1) is 31.3 Å². The van der Waals surface area contributed by atoms with E-state index >= 15 is 0 Å². The van der Waals surface area contributed by atoms with Crippen molar-refractivity contribution in [1.82, 2.24) is 10.1 Å². The van der Waals surface area contributed by atoms with Gasteiger partial charge in [0, 0.05) is 6.61 Å². The third-order valence-corrected chi connectivity index (χ3v) is 4.06. The lowest BCUT2D eigenvalue weighted by Gasteiger charge is -2.26. The van der Waals surface area contributed by atoms with Gasteiger partial charge < -0.3 is 19.7 Å². The summed E-state index contributed by atoms with van der Waals surface area (Å²) in [6.45, 7) is 1.30. The maximum Gasteiger partial charge on any atom is 0.229 e. The molecule has 2 atom stereocenters. The normalized spacial score (nSPS) is 25.4. The standard InChI is InChI=1S/C14H23N3O3/c15-12(9-19-10-5-3-6-10)14-16-13(20-17-14)8-11-4-1-2-7-18-11/h10-12H,1-9,15H2. The molecule has 2 N–H and O–H groups in total. The van der Waals surface area contributed by atoms with Crippen molar-refractivity contribution in [1.29, 1.82) is 0 Å². The molecule has 112 valence electrons. The Kier molecular flexibility index (Phi) is 4.65. The van der Waals surface area contributed by atoms with E-state index in [0.717, 1.165) is 32.3 Å². The van der Waals surface area contributed by atoms with Crippen molar-refractivity contribution in [2.75, 3.05) is 13.2 Å². The molecule has 2 fully saturated rings. The Labute approximate surface area is 119 Å². The predicted molar refractivity (Wildman–Crippen MR) is 72.1 cm³/mol. The molecule has 1 aromatic heterocycles. The molecular weight excluding hydrogens is 258 g/mol. The van der Waals surface area contributed by atoms with Crippen LogP contribution in [0.2, 0.25) is 0 Å². The highest BCUT2D eigenvalue weighted by atomic mass is 16.5. The number of nitrogens with two attached hydrogens (primary N) is 1. The first-order chi connectivity index (χ1) is 9.81. The van der Waals surface area contributed by atoms with Crippen molar-refractivity contribution < 1.29 is 14.0 Å². The topological polar surface area (TPSA) is 83.4 Å². The van der Waals surface area contributed by atoms with Crippen LogP contribution in [0.1, 0.15) is 56.3 Å². The summed E-state index contributed by atoms with van der Waals surface area (Å²) in [6.07, 6.45) is 8.23. The maximum absolute atomic E-state index is 6.03. The molecule has 6 heteroatoms. The fourth-order valence-corrected chi connectivity index (χ4v) is 2.52. The summed E-state index contributed by atoms with van der Waals surface area (Å²) in [6, 6.07) is -0.305. The van der Waals surface area contributed by atoms with E-state index in [1.807, 2.05) is 0 Å². The Hall–Kier alpha value is -0.980. The molecule has 20 heavy (non-hydrogen) atoms. The summed E-state index contributed by atoms with van der Waals surface area (Å²) >= 11 is 0. The zero-order valence-corrected chi connectivity index (χ0v) is 11.8. The van der Waals surface area contributed by atoms with E-state index in [0.29, 0.717) is 30.8 Å². The van der Waals surface area contributed by atoms with E-state index < -0.39 is 0 Å². The Bertz CT molecular complexity index is 414. The third kappa shape index (κ3) is 3.56. The Morgan fingerprint density at radius 3 is 2.85 bits per heavy atom. The van der Waals surface area contributed by atoms with Crippen molar-refractivity contribution in [3.05, 3.63) is 11.7 Å². The number of ether oxygens (including phenoxy) is 2. The van der Waals surface area contributed by atoms with E-state index in [2.05, 4.69) is 10.1 Å². The zero-order chi connectivity index (χ0) is 13.8. The first kappa shape index (κ1) is 14.0. The summed E-state index contributed by atoms with van der Waals surface area (Å²) in [7, 11) is 0. The molecule has 2 aliphatic rings. The van der Waals surface area contributed by atoms with Gasteiger partial charge in [0.2, 0.25) is 5.89 Å². The SMILES string of the molecule is NC(COC1CCC1)c1noc(CC2CCCCO2)n1. The highest BCUT2D eigenvalue weighted by molar-refractivity contribution is 4.94. The number of rotatable bonds is 6. The molecule has 2 heterocycles. The molecule has 0 amide bonds. The van der Waals surface area contributed by atoms with E-state index in [9.17, 15) is 0 Å². The van der Waals surface area contributed by atoms with Crippen LogP contribution in [0.25, 0.3) is 0 Å². The molecule has 2 unspecified atom stereocenters. The van der Waals surface area contributed by atoms with Crippen molar-refractivity contribution in [2.24, 2.45) is 5.73 Å². The van der Waals surface area contributed by atoms with Crippen LogP contribution in [0.5, 0.6) is 0 Å². The van der Waals surface area contributed by atoms with Crippen molar-refractivity contribution in [2.45, 2.75) is 63.2 Å². The van der Waals surface area contributed by atoms with Crippen LogP contribution >= 0.6 is 0 Å². The lowest BCUT2D eigenvalue weighted by Crippen LogP contribution is -2.27. The molecule has 1 saturated heterocycles. The average molecular weight is 281 g/mol. The van der Waals surface area contributed by atoms with E-state index in [1.165, 1.54) is 12.8 Å². The van der Waals surface area contributed by atoms with Gasteiger partial charge in [-0.15, -0.1) is 0 Å². The van der Waals surface area contributed by atoms with Gasteiger partial charge >= 0.3 is 0 Å². The van der Waals surface area contributed by atoms with Crippen molar-refractivity contribution in [3.8, 4) is 0 Å². The predicted octanol–water partition coefficient (Wildman–Crippen LogP) is 1.75. The summed E-state index contributed by atoms with van der Waals surface area (Å²) in [5.74, 6) is 1.15.